The molecule has 0 N–H and O–H groups in total. The maximum Gasteiger partial charge on any atom is 0.258 e. The third-order valence-electron chi connectivity index (χ3n) is 4.01. The normalized spacial score (nSPS) is 11.1. The fourth-order valence-corrected chi connectivity index (χ4v) is 4.37. The minimum Gasteiger partial charge on any atom is -0.298 e. The highest BCUT2D eigenvalue weighted by Gasteiger charge is 2.14. The Morgan fingerprint density at radius 1 is 1.30 bits per heavy atom. The van der Waals surface area contributed by atoms with Crippen molar-refractivity contribution in [1.29, 1.82) is 0 Å². The summed E-state index contributed by atoms with van der Waals surface area (Å²) in [6.45, 7) is 6.51. The summed E-state index contributed by atoms with van der Waals surface area (Å²) >= 11 is 2.96. The molecule has 1 aromatic carbocycles. The maximum absolute atomic E-state index is 12.1. The van der Waals surface area contributed by atoms with Crippen LogP contribution >= 0.6 is 23.1 Å². The van der Waals surface area contributed by atoms with Crippen LogP contribution in [0.3, 0.4) is 0 Å². The van der Waals surface area contributed by atoms with E-state index in [9.17, 15) is 4.79 Å². The summed E-state index contributed by atoms with van der Waals surface area (Å²) in [5.41, 5.74) is 2.86. The molecule has 6 nitrogen and oxygen atoms in total. The quantitative estimate of drug-likeness (QED) is 0.367. The number of thiazole rings is 1. The number of allylic oxidation sites excluding steroid dienone is 1. The summed E-state index contributed by atoms with van der Waals surface area (Å²) in [6, 6.07) is 9.75. The van der Waals surface area contributed by atoms with Gasteiger partial charge in [-0.15, -0.1) is 28.1 Å². The van der Waals surface area contributed by atoms with E-state index in [0.717, 1.165) is 22.2 Å². The number of nitrogens with zero attached hydrogens (tertiary/aromatic N) is 5. The van der Waals surface area contributed by atoms with Crippen molar-refractivity contribution in [3.8, 4) is 11.4 Å². The Bertz CT molecular complexity index is 1170. The Morgan fingerprint density at radius 3 is 3.00 bits per heavy atom. The topological polar surface area (TPSA) is 65.1 Å². The summed E-state index contributed by atoms with van der Waals surface area (Å²) < 4.78 is 3.58. The van der Waals surface area contributed by atoms with E-state index in [1.165, 1.54) is 28.7 Å². The second-order valence-electron chi connectivity index (χ2n) is 6.00. The zero-order valence-electron chi connectivity index (χ0n) is 14.7. The molecule has 0 saturated carbocycles. The summed E-state index contributed by atoms with van der Waals surface area (Å²) in [4.78, 5) is 17.4. The molecular formula is C19H17N5OS2. The van der Waals surface area contributed by atoms with E-state index in [-0.39, 0.29) is 5.56 Å². The lowest BCUT2D eigenvalue weighted by molar-refractivity contribution is 0.731. The van der Waals surface area contributed by atoms with E-state index in [2.05, 4.69) is 40.8 Å². The molecule has 8 heteroatoms. The van der Waals surface area contributed by atoms with Gasteiger partial charge >= 0.3 is 0 Å². The standard InChI is InChI=1S/C19H17N5OS2/c1-3-7-24-17(14-6-4-5-13(2)10-14)21-22-19(24)27-12-15-11-16(25)23-8-9-26-18(23)20-15/h3-6,8-11H,1,7,12H2,2H3. The Kier molecular flexibility index (Phi) is 4.91. The largest absolute Gasteiger partial charge is 0.298 e. The van der Waals surface area contributed by atoms with Crippen LogP contribution in [0.2, 0.25) is 0 Å². The van der Waals surface area contributed by atoms with Crippen molar-refractivity contribution in [2.45, 2.75) is 24.4 Å². The van der Waals surface area contributed by atoms with Gasteiger partial charge in [0.05, 0.1) is 5.69 Å². The van der Waals surface area contributed by atoms with Gasteiger partial charge in [0, 0.05) is 35.5 Å². The third-order valence-corrected chi connectivity index (χ3v) is 5.77. The maximum atomic E-state index is 12.1. The van der Waals surface area contributed by atoms with Crippen LogP contribution in [-0.4, -0.2) is 24.1 Å². The molecule has 0 saturated heterocycles. The number of aryl methyl sites for hydroxylation is 1. The molecule has 0 amide bonds. The zero-order valence-corrected chi connectivity index (χ0v) is 16.3. The van der Waals surface area contributed by atoms with Crippen LogP contribution in [0.15, 0.2) is 64.5 Å². The number of hydrogen-bond acceptors (Lipinski definition) is 6. The SMILES string of the molecule is C=CCn1c(SCc2cc(=O)n3ccsc3n2)nnc1-c1cccc(C)c1. The second kappa shape index (κ2) is 7.50. The van der Waals surface area contributed by atoms with E-state index in [0.29, 0.717) is 17.3 Å². The minimum absolute atomic E-state index is 0.0649. The molecule has 27 heavy (non-hydrogen) atoms. The van der Waals surface area contributed by atoms with E-state index in [4.69, 9.17) is 0 Å². The fourth-order valence-electron chi connectivity index (χ4n) is 2.79. The van der Waals surface area contributed by atoms with Crippen LogP contribution < -0.4 is 5.56 Å². The van der Waals surface area contributed by atoms with Crippen LogP contribution in [0.4, 0.5) is 0 Å². The number of rotatable bonds is 6. The molecule has 3 heterocycles. The molecule has 4 rings (SSSR count). The number of fused-ring (bicyclic) bond motifs is 1. The molecule has 0 aliphatic rings. The second-order valence-corrected chi connectivity index (χ2v) is 7.82. The van der Waals surface area contributed by atoms with E-state index >= 15 is 0 Å². The van der Waals surface area contributed by atoms with Gasteiger partial charge in [-0.3, -0.25) is 13.8 Å². The van der Waals surface area contributed by atoms with Gasteiger partial charge in [0.25, 0.3) is 5.56 Å². The zero-order chi connectivity index (χ0) is 18.8. The molecule has 0 aliphatic carbocycles. The summed E-state index contributed by atoms with van der Waals surface area (Å²) in [6.07, 6.45) is 3.57. The van der Waals surface area contributed by atoms with Gasteiger partial charge in [-0.2, -0.15) is 0 Å². The fraction of sp³-hybridized carbons (Fsp3) is 0.158. The van der Waals surface area contributed by atoms with Crippen molar-refractivity contribution in [3.63, 3.8) is 0 Å². The first-order valence-electron chi connectivity index (χ1n) is 8.35. The monoisotopic (exact) mass is 395 g/mol. The molecule has 0 bridgehead atoms. The highest BCUT2D eigenvalue weighted by molar-refractivity contribution is 7.98. The Balaban J connectivity index is 1.63. The first-order chi connectivity index (χ1) is 13.2. The van der Waals surface area contributed by atoms with Crippen LogP contribution in [0.1, 0.15) is 11.3 Å². The predicted octanol–water partition coefficient (Wildman–Crippen LogP) is 3.80. The number of benzene rings is 1. The Labute approximate surface area is 164 Å². The molecule has 0 unspecified atom stereocenters. The molecule has 0 aliphatic heterocycles. The van der Waals surface area contributed by atoms with Gasteiger partial charge in [0.1, 0.15) is 0 Å². The first kappa shape index (κ1) is 17.7. The molecular weight excluding hydrogens is 378 g/mol. The molecule has 4 aromatic rings. The highest BCUT2D eigenvalue weighted by atomic mass is 32.2. The van der Waals surface area contributed by atoms with Crippen LogP contribution in [0.25, 0.3) is 16.3 Å². The first-order valence-corrected chi connectivity index (χ1v) is 10.2. The lowest BCUT2D eigenvalue weighted by Gasteiger charge is -2.08. The van der Waals surface area contributed by atoms with Crippen LogP contribution in [-0.2, 0) is 12.3 Å². The van der Waals surface area contributed by atoms with E-state index < -0.39 is 0 Å². The molecule has 0 atom stereocenters. The molecule has 3 aromatic heterocycles. The van der Waals surface area contributed by atoms with Crippen molar-refractivity contribution < 1.29 is 0 Å². The summed E-state index contributed by atoms with van der Waals surface area (Å²) in [7, 11) is 0. The molecule has 0 radical (unpaired) electrons. The van der Waals surface area contributed by atoms with Gasteiger partial charge in [-0.05, 0) is 13.0 Å². The van der Waals surface area contributed by atoms with Crippen LogP contribution in [0.5, 0.6) is 0 Å². The van der Waals surface area contributed by atoms with E-state index in [1.54, 1.807) is 16.7 Å². The van der Waals surface area contributed by atoms with Crippen molar-refractivity contribution in [1.82, 2.24) is 24.1 Å². The lowest BCUT2D eigenvalue weighted by atomic mass is 10.1. The predicted molar refractivity (Wildman–Crippen MR) is 109 cm³/mol. The Hall–Kier alpha value is -2.71. The van der Waals surface area contributed by atoms with Gasteiger partial charge in [-0.25, -0.2) is 4.98 Å². The highest BCUT2D eigenvalue weighted by Crippen LogP contribution is 2.26. The van der Waals surface area contributed by atoms with Gasteiger partial charge in [0.15, 0.2) is 15.9 Å². The van der Waals surface area contributed by atoms with Gasteiger partial charge in [0.2, 0.25) is 0 Å². The molecule has 0 spiro atoms. The number of hydrogen-bond donors (Lipinski definition) is 0. The lowest BCUT2D eigenvalue weighted by Crippen LogP contribution is -2.12. The summed E-state index contributed by atoms with van der Waals surface area (Å²) in [5.74, 6) is 1.36. The molecule has 0 fully saturated rings. The van der Waals surface area contributed by atoms with Crippen molar-refractivity contribution in [2.24, 2.45) is 0 Å². The summed E-state index contributed by atoms with van der Waals surface area (Å²) in [5, 5.41) is 11.4. The van der Waals surface area contributed by atoms with Crippen molar-refractivity contribution in [3.05, 3.63) is 76.2 Å². The number of thioether (sulfide) groups is 1. The van der Waals surface area contributed by atoms with E-state index in [1.807, 2.05) is 28.2 Å². The van der Waals surface area contributed by atoms with Gasteiger partial charge < -0.3 is 0 Å². The van der Waals surface area contributed by atoms with Crippen molar-refractivity contribution >= 4 is 28.1 Å². The average molecular weight is 396 g/mol. The third kappa shape index (κ3) is 3.58. The van der Waals surface area contributed by atoms with Crippen LogP contribution in [0, 0.1) is 6.92 Å². The van der Waals surface area contributed by atoms with Gasteiger partial charge in [-0.1, -0.05) is 41.6 Å². The number of aromatic nitrogens is 5. The average Bonchev–Trinajstić information content (AvgIpc) is 3.28. The van der Waals surface area contributed by atoms with Crippen molar-refractivity contribution in [2.75, 3.05) is 0 Å². The smallest absolute Gasteiger partial charge is 0.258 e. The molecule has 136 valence electrons. The Morgan fingerprint density at radius 2 is 2.19 bits per heavy atom. The minimum atomic E-state index is -0.0649.